The van der Waals surface area contributed by atoms with E-state index in [1.807, 2.05) is 0 Å². The van der Waals surface area contributed by atoms with E-state index in [2.05, 4.69) is 19.2 Å². The van der Waals surface area contributed by atoms with E-state index in [0.29, 0.717) is 13.5 Å². The lowest BCUT2D eigenvalue weighted by Gasteiger charge is -2.05. The number of nitrogens with one attached hydrogen (secondary N) is 1. The molecule has 0 fully saturated rings. The van der Waals surface area contributed by atoms with E-state index in [-0.39, 0.29) is 0 Å². The molecule has 0 aromatic rings. The summed E-state index contributed by atoms with van der Waals surface area (Å²) in [5.74, 6) is 0. The Morgan fingerprint density at radius 3 is 2.17 bits per heavy atom. The molecule has 0 atom stereocenters. The molecular formula is C9H21NO2. The van der Waals surface area contributed by atoms with Gasteiger partial charge in [0.15, 0.2) is 0 Å². The van der Waals surface area contributed by atoms with Crippen molar-refractivity contribution in [3.8, 4) is 0 Å². The summed E-state index contributed by atoms with van der Waals surface area (Å²) in [6.45, 7) is 7.11. The highest BCUT2D eigenvalue weighted by atomic mass is 16.5. The summed E-state index contributed by atoms with van der Waals surface area (Å²) in [5, 5.41) is 3.03. The van der Waals surface area contributed by atoms with E-state index >= 15 is 0 Å². The third kappa shape index (κ3) is 9.88. The Balaban J connectivity index is 2.73. The summed E-state index contributed by atoms with van der Waals surface area (Å²) in [6.07, 6.45) is 3.39. The molecule has 0 aliphatic rings. The van der Waals surface area contributed by atoms with Crippen LogP contribution in [0, 0.1) is 0 Å². The third-order valence-electron chi connectivity index (χ3n) is 1.40. The maximum Gasteiger partial charge on any atom is 0.0982 e. The van der Waals surface area contributed by atoms with Crippen LogP contribution in [0.3, 0.4) is 0 Å². The van der Waals surface area contributed by atoms with Gasteiger partial charge in [-0.15, -0.1) is 0 Å². The Labute approximate surface area is 75.4 Å². The number of rotatable bonds is 9. The maximum absolute atomic E-state index is 5.26. The summed E-state index contributed by atoms with van der Waals surface area (Å²) in [4.78, 5) is 0. The highest BCUT2D eigenvalue weighted by Crippen LogP contribution is 1.85. The van der Waals surface area contributed by atoms with Crippen LogP contribution < -0.4 is 5.32 Å². The van der Waals surface area contributed by atoms with Gasteiger partial charge in [-0.25, -0.2) is 0 Å². The van der Waals surface area contributed by atoms with Gasteiger partial charge in [-0.3, -0.25) is 5.32 Å². The molecule has 3 nitrogen and oxygen atoms in total. The van der Waals surface area contributed by atoms with Gasteiger partial charge in [-0.2, -0.15) is 0 Å². The predicted molar refractivity (Wildman–Crippen MR) is 50.0 cm³/mol. The molecule has 1 N–H and O–H groups in total. The van der Waals surface area contributed by atoms with Gasteiger partial charge in [-0.1, -0.05) is 20.3 Å². The Morgan fingerprint density at radius 1 is 0.917 bits per heavy atom. The van der Waals surface area contributed by atoms with Gasteiger partial charge in [-0.05, 0) is 12.8 Å². The number of hydrogen-bond donors (Lipinski definition) is 1. The van der Waals surface area contributed by atoms with Gasteiger partial charge < -0.3 is 9.47 Å². The topological polar surface area (TPSA) is 30.5 Å². The smallest absolute Gasteiger partial charge is 0.0982 e. The molecule has 0 aliphatic heterocycles. The van der Waals surface area contributed by atoms with Crippen molar-refractivity contribution in [3.05, 3.63) is 0 Å². The Hall–Kier alpha value is -0.120. The summed E-state index contributed by atoms with van der Waals surface area (Å²) < 4.78 is 10.5. The first-order valence-corrected chi connectivity index (χ1v) is 4.78. The van der Waals surface area contributed by atoms with E-state index in [0.717, 1.165) is 26.1 Å². The molecule has 0 aliphatic carbocycles. The van der Waals surface area contributed by atoms with Crippen LogP contribution >= 0.6 is 0 Å². The molecule has 3 heteroatoms. The fourth-order valence-electron chi connectivity index (χ4n) is 0.721. The first kappa shape index (κ1) is 11.9. The molecule has 0 bridgehead atoms. The second-order valence-electron chi connectivity index (χ2n) is 2.71. The average molecular weight is 175 g/mol. The van der Waals surface area contributed by atoms with Gasteiger partial charge in [0, 0.05) is 13.2 Å². The van der Waals surface area contributed by atoms with Crippen molar-refractivity contribution in [1.29, 1.82) is 0 Å². The van der Waals surface area contributed by atoms with Crippen molar-refractivity contribution in [2.24, 2.45) is 0 Å². The largest absolute Gasteiger partial charge is 0.366 e. The van der Waals surface area contributed by atoms with Crippen molar-refractivity contribution in [1.82, 2.24) is 5.32 Å². The van der Waals surface area contributed by atoms with E-state index in [1.54, 1.807) is 0 Å². The zero-order valence-corrected chi connectivity index (χ0v) is 8.27. The van der Waals surface area contributed by atoms with Crippen molar-refractivity contribution in [3.63, 3.8) is 0 Å². The monoisotopic (exact) mass is 175 g/mol. The summed E-state index contributed by atoms with van der Waals surface area (Å²) >= 11 is 0. The third-order valence-corrected chi connectivity index (χ3v) is 1.40. The van der Waals surface area contributed by atoms with Gasteiger partial charge in [0.2, 0.25) is 0 Å². The number of ether oxygens (including phenoxy) is 2. The first-order valence-electron chi connectivity index (χ1n) is 4.78. The molecule has 74 valence electrons. The molecule has 0 unspecified atom stereocenters. The molecule has 0 amide bonds. The van der Waals surface area contributed by atoms with Gasteiger partial charge in [0.25, 0.3) is 0 Å². The van der Waals surface area contributed by atoms with Crippen LogP contribution in [0.25, 0.3) is 0 Å². The highest BCUT2D eigenvalue weighted by molar-refractivity contribution is 4.32. The zero-order valence-electron chi connectivity index (χ0n) is 8.27. The lowest BCUT2D eigenvalue weighted by molar-refractivity contribution is 0.0585. The van der Waals surface area contributed by atoms with Crippen molar-refractivity contribution >= 4 is 0 Å². The minimum atomic E-state index is 0.597. The van der Waals surface area contributed by atoms with E-state index < -0.39 is 0 Å². The first-order chi connectivity index (χ1) is 5.91. The average Bonchev–Trinajstić information content (AvgIpc) is 2.10. The van der Waals surface area contributed by atoms with E-state index in [9.17, 15) is 0 Å². The van der Waals surface area contributed by atoms with Crippen LogP contribution in [0.4, 0.5) is 0 Å². The van der Waals surface area contributed by atoms with Gasteiger partial charge in [0.1, 0.15) is 0 Å². The number of unbranched alkanes of at least 4 members (excludes halogenated alkanes) is 1. The molecule has 0 aromatic carbocycles. The maximum atomic E-state index is 5.26. The predicted octanol–water partition coefficient (Wildman–Crippen LogP) is 1.73. The Morgan fingerprint density at radius 2 is 1.58 bits per heavy atom. The van der Waals surface area contributed by atoms with E-state index in [4.69, 9.17) is 9.47 Å². The van der Waals surface area contributed by atoms with Crippen LogP contribution in [0.2, 0.25) is 0 Å². The SMILES string of the molecule is CCCCOCNCOCCC. The molecule has 0 aromatic heterocycles. The van der Waals surface area contributed by atoms with Crippen LogP contribution in [-0.4, -0.2) is 26.7 Å². The van der Waals surface area contributed by atoms with E-state index in [1.165, 1.54) is 6.42 Å². The Bertz CT molecular complexity index is 68.9. The zero-order chi connectivity index (χ0) is 9.07. The molecule has 0 spiro atoms. The Kier molecular flexibility index (Phi) is 10.8. The van der Waals surface area contributed by atoms with Gasteiger partial charge >= 0.3 is 0 Å². The normalized spacial score (nSPS) is 10.5. The lowest BCUT2D eigenvalue weighted by Crippen LogP contribution is -2.21. The fraction of sp³-hybridized carbons (Fsp3) is 1.00. The van der Waals surface area contributed by atoms with Crippen LogP contribution in [0.5, 0.6) is 0 Å². The molecule has 0 heterocycles. The molecule has 0 rings (SSSR count). The lowest BCUT2D eigenvalue weighted by atomic mass is 10.4. The minimum Gasteiger partial charge on any atom is -0.366 e. The second kappa shape index (κ2) is 10.9. The summed E-state index contributed by atoms with van der Waals surface area (Å²) in [5.41, 5.74) is 0. The molecule has 12 heavy (non-hydrogen) atoms. The number of hydrogen-bond acceptors (Lipinski definition) is 3. The van der Waals surface area contributed by atoms with Gasteiger partial charge in [0.05, 0.1) is 13.5 Å². The second-order valence-corrected chi connectivity index (χ2v) is 2.71. The van der Waals surface area contributed by atoms with Crippen LogP contribution in [0.15, 0.2) is 0 Å². The molecule has 0 saturated heterocycles. The van der Waals surface area contributed by atoms with Crippen LogP contribution in [0.1, 0.15) is 33.1 Å². The minimum absolute atomic E-state index is 0.597. The molecular weight excluding hydrogens is 154 g/mol. The van der Waals surface area contributed by atoms with Crippen molar-refractivity contribution in [2.45, 2.75) is 33.1 Å². The quantitative estimate of drug-likeness (QED) is 0.427. The van der Waals surface area contributed by atoms with Crippen LogP contribution in [-0.2, 0) is 9.47 Å². The summed E-state index contributed by atoms with van der Waals surface area (Å²) in [6, 6.07) is 0. The fourth-order valence-corrected chi connectivity index (χ4v) is 0.721. The van der Waals surface area contributed by atoms with Crippen molar-refractivity contribution < 1.29 is 9.47 Å². The van der Waals surface area contributed by atoms with Crippen molar-refractivity contribution in [2.75, 3.05) is 26.7 Å². The molecule has 0 radical (unpaired) electrons. The molecule has 0 saturated carbocycles. The highest BCUT2D eigenvalue weighted by Gasteiger charge is 1.86. The standard InChI is InChI=1S/C9H21NO2/c1-3-5-7-12-9-10-8-11-6-4-2/h10H,3-9H2,1-2H3. The summed E-state index contributed by atoms with van der Waals surface area (Å²) in [7, 11) is 0.